The number of anilines is 2. The minimum absolute atomic E-state index is 0.165. The van der Waals surface area contributed by atoms with Crippen molar-refractivity contribution in [2.75, 3.05) is 11.5 Å². The minimum Gasteiger partial charge on any atom is -0.457 e. The summed E-state index contributed by atoms with van der Waals surface area (Å²) in [7, 11) is 0. The van der Waals surface area contributed by atoms with Crippen molar-refractivity contribution in [3.05, 3.63) is 60.7 Å². The molecule has 0 aliphatic rings. The molecule has 23 heavy (non-hydrogen) atoms. The third-order valence-electron chi connectivity index (χ3n) is 3.67. The van der Waals surface area contributed by atoms with Crippen molar-refractivity contribution in [3.63, 3.8) is 0 Å². The summed E-state index contributed by atoms with van der Waals surface area (Å²) in [5.74, 6) is 1.94. The maximum Gasteiger partial charge on any atom is 0.222 e. The second-order valence-electron chi connectivity index (χ2n) is 5.26. The van der Waals surface area contributed by atoms with Crippen LogP contribution < -0.4 is 16.2 Å². The fourth-order valence-corrected chi connectivity index (χ4v) is 2.58. The fourth-order valence-electron chi connectivity index (χ4n) is 2.58. The molecule has 112 valence electrons. The van der Waals surface area contributed by atoms with Crippen LogP contribution in [0.5, 0.6) is 11.5 Å². The van der Waals surface area contributed by atoms with Gasteiger partial charge in [-0.15, -0.1) is 0 Å². The number of hydrogen-bond acceptors (Lipinski definition) is 5. The van der Waals surface area contributed by atoms with Crippen molar-refractivity contribution in [1.29, 1.82) is 0 Å². The Hall–Kier alpha value is -3.34. The lowest BCUT2D eigenvalue weighted by atomic mass is 10.1. The molecule has 0 saturated heterocycles. The molecule has 0 aliphatic carbocycles. The topological polar surface area (TPSA) is 87.0 Å². The molecule has 0 radical (unpaired) electrons. The number of nitrogens with two attached hydrogens (primary N) is 2. The van der Waals surface area contributed by atoms with E-state index >= 15 is 0 Å². The van der Waals surface area contributed by atoms with Crippen LogP contribution in [0.15, 0.2) is 60.7 Å². The highest BCUT2D eigenvalue weighted by molar-refractivity contribution is 5.90. The number of nitrogen functional groups attached to an aromatic ring is 2. The summed E-state index contributed by atoms with van der Waals surface area (Å²) in [6.07, 6.45) is 0. The Morgan fingerprint density at radius 3 is 2.35 bits per heavy atom. The van der Waals surface area contributed by atoms with E-state index < -0.39 is 0 Å². The molecule has 4 N–H and O–H groups in total. The number of ether oxygens (including phenoxy) is 1. The predicted molar refractivity (Wildman–Crippen MR) is 92.4 cm³/mol. The van der Waals surface area contributed by atoms with Crippen molar-refractivity contribution >= 4 is 33.4 Å². The Labute approximate surface area is 132 Å². The van der Waals surface area contributed by atoms with E-state index in [2.05, 4.69) is 22.1 Å². The number of rotatable bonds is 2. The zero-order chi connectivity index (χ0) is 15.8. The number of fused-ring (bicyclic) bond motifs is 2. The molecule has 0 unspecified atom stereocenters. The molecule has 0 amide bonds. The van der Waals surface area contributed by atoms with Gasteiger partial charge in [-0.2, -0.15) is 4.98 Å². The van der Waals surface area contributed by atoms with Gasteiger partial charge in [0.15, 0.2) is 0 Å². The van der Waals surface area contributed by atoms with Gasteiger partial charge in [0.25, 0.3) is 0 Å². The fraction of sp³-hybridized carbons (Fsp3) is 0. The molecule has 0 atom stereocenters. The molecule has 0 saturated carbocycles. The van der Waals surface area contributed by atoms with Crippen LogP contribution in [0.4, 0.5) is 11.8 Å². The predicted octanol–water partition coefficient (Wildman–Crippen LogP) is 3.74. The summed E-state index contributed by atoms with van der Waals surface area (Å²) in [5, 5.41) is 3.02. The van der Waals surface area contributed by atoms with Crippen LogP contribution in [-0.2, 0) is 0 Å². The molecule has 5 nitrogen and oxygen atoms in total. The highest BCUT2D eigenvalue weighted by atomic mass is 16.5. The van der Waals surface area contributed by atoms with Crippen LogP contribution in [0.2, 0.25) is 0 Å². The molecule has 0 aliphatic heterocycles. The lowest BCUT2D eigenvalue weighted by Crippen LogP contribution is -2.00. The molecule has 4 rings (SSSR count). The molecule has 1 heterocycles. The zero-order valence-electron chi connectivity index (χ0n) is 12.2. The van der Waals surface area contributed by atoms with E-state index in [4.69, 9.17) is 16.2 Å². The van der Waals surface area contributed by atoms with Crippen molar-refractivity contribution in [2.24, 2.45) is 0 Å². The van der Waals surface area contributed by atoms with Gasteiger partial charge in [-0.1, -0.05) is 30.3 Å². The molecule has 0 fully saturated rings. The number of aromatic nitrogens is 2. The van der Waals surface area contributed by atoms with Crippen molar-refractivity contribution in [3.8, 4) is 11.5 Å². The first kappa shape index (κ1) is 13.3. The highest BCUT2D eigenvalue weighted by Gasteiger charge is 2.06. The maximum atomic E-state index is 5.94. The Bertz CT molecular complexity index is 1030. The van der Waals surface area contributed by atoms with Gasteiger partial charge in [0.1, 0.15) is 17.3 Å². The highest BCUT2D eigenvalue weighted by Crippen LogP contribution is 2.29. The summed E-state index contributed by atoms with van der Waals surface area (Å²) >= 11 is 0. The molecule has 4 aromatic rings. The van der Waals surface area contributed by atoms with Crippen LogP contribution in [0, 0.1) is 0 Å². The summed E-state index contributed by atoms with van der Waals surface area (Å²) in [4.78, 5) is 8.14. The first-order valence-corrected chi connectivity index (χ1v) is 7.18. The summed E-state index contributed by atoms with van der Waals surface area (Å²) in [5.41, 5.74) is 12.2. The summed E-state index contributed by atoms with van der Waals surface area (Å²) < 4.78 is 5.94. The Morgan fingerprint density at radius 2 is 1.48 bits per heavy atom. The quantitative estimate of drug-likeness (QED) is 0.589. The van der Waals surface area contributed by atoms with E-state index in [1.54, 1.807) is 0 Å². The monoisotopic (exact) mass is 302 g/mol. The Morgan fingerprint density at radius 1 is 0.739 bits per heavy atom. The molecule has 0 bridgehead atoms. The average molecular weight is 302 g/mol. The lowest BCUT2D eigenvalue weighted by Gasteiger charge is -2.09. The van der Waals surface area contributed by atoms with Gasteiger partial charge in [0, 0.05) is 5.39 Å². The van der Waals surface area contributed by atoms with E-state index in [-0.39, 0.29) is 5.95 Å². The number of benzene rings is 3. The van der Waals surface area contributed by atoms with E-state index in [0.717, 1.165) is 16.5 Å². The third-order valence-corrected chi connectivity index (χ3v) is 3.67. The molecule has 1 aromatic heterocycles. The molecule has 5 heteroatoms. The van der Waals surface area contributed by atoms with Gasteiger partial charge in [0.2, 0.25) is 5.95 Å². The Balaban J connectivity index is 1.73. The van der Waals surface area contributed by atoms with E-state index in [0.29, 0.717) is 17.1 Å². The van der Waals surface area contributed by atoms with Crippen molar-refractivity contribution < 1.29 is 4.74 Å². The first-order valence-electron chi connectivity index (χ1n) is 7.18. The molecule has 3 aromatic carbocycles. The third kappa shape index (κ3) is 2.48. The van der Waals surface area contributed by atoms with Crippen LogP contribution in [-0.4, -0.2) is 9.97 Å². The summed E-state index contributed by atoms with van der Waals surface area (Å²) in [6, 6.07) is 19.6. The Kier molecular flexibility index (Phi) is 2.98. The number of hydrogen-bond donors (Lipinski definition) is 2. The largest absolute Gasteiger partial charge is 0.457 e. The SMILES string of the molecule is Nc1nc(N)c2cc(Oc3ccc4ccccc4c3)ccc2n1. The zero-order valence-corrected chi connectivity index (χ0v) is 12.2. The van der Waals surface area contributed by atoms with Crippen molar-refractivity contribution in [2.45, 2.75) is 0 Å². The van der Waals surface area contributed by atoms with Crippen molar-refractivity contribution in [1.82, 2.24) is 9.97 Å². The second kappa shape index (κ2) is 5.14. The maximum absolute atomic E-state index is 5.94. The van der Waals surface area contributed by atoms with Crippen LogP contribution in [0.25, 0.3) is 21.7 Å². The average Bonchev–Trinajstić information content (AvgIpc) is 2.55. The van der Waals surface area contributed by atoms with Gasteiger partial charge in [-0.05, 0) is 41.1 Å². The smallest absolute Gasteiger partial charge is 0.222 e. The van der Waals surface area contributed by atoms with Gasteiger partial charge >= 0.3 is 0 Å². The minimum atomic E-state index is 0.165. The van der Waals surface area contributed by atoms with Gasteiger partial charge < -0.3 is 16.2 Å². The molecular weight excluding hydrogens is 288 g/mol. The standard InChI is InChI=1S/C18H14N4O/c19-17-15-10-14(7-8-16(15)21-18(20)22-17)23-13-6-5-11-3-1-2-4-12(11)9-13/h1-10H,(H4,19,20,21,22). The molecule has 0 spiro atoms. The van der Waals surface area contributed by atoms with E-state index in [1.807, 2.05) is 48.5 Å². The lowest BCUT2D eigenvalue weighted by molar-refractivity contribution is 0.484. The van der Waals surface area contributed by atoms with Crippen LogP contribution in [0.1, 0.15) is 0 Å². The van der Waals surface area contributed by atoms with E-state index in [9.17, 15) is 0 Å². The van der Waals surface area contributed by atoms with Gasteiger partial charge in [-0.3, -0.25) is 0 Å². The summed E-state index contributed by atoms with van der Waals surface area (Å²) in [6.45, 7) is 0. The first-order chi connectivity index (χ1) is 11.2. The van der Waals surface area contributed by atoms with Crippen LogP contribution >= 0.6 is 0 Å². The van der Waals surface area contributed by atoms with Gasteiger partial charge in [0.05, 0.1) is 5.52 Å². The normalized spacial score (nSPS) is 11.0. The van der Waals surface area contributed by atoms with Crippen LogP contribution in [0.3, 0.4) is 0 Å². The van der Waals surface area contributed by atoms with E-state index in [1.165, 1.54) is 5.39 Å². The molecular formula is C18H14N4O. The van der Waals surface area contributed by atoms with Gasteiger partial charge in [-0.25, -0.2) is 4.98 Å². The number of nitrogens with zero attached hydrogens (tertiary/aromatic N) is 2. The second-order valence-corrected chi connectivity index (χ2v) is 5.26.